The highest BCUT2D eigenvalue weighted by Crippen LogP contribution is 2.34. The average molecular weight is 699 g/mol. The van der Waals surface area contributed by atoms with Crippen molar-refractivity contribution in [1.82, 2.24) is 9.80 Å². The fraction of sp³-hybridized carbons (Fsp3) is 0.689. The number of hydrogen-bond acceptors (Lipinski definition) is 4. The second kappa shape index (κ2) is 19.9. The molecule has 4 aliphatic rings. The van der Waals surface area contributed by atoms with Crippen LogP contribution in [0.4, 0.5) is 0 Å². The van der Waals surface area contributed by atoms with Crippen LogP contribution in [0.5, 0.6) is 0 Å². The Morgan fingerprint density at radius 3 is 1.06 bits per heavy atom. The molecule has 0 aliphatic heterocycles. The highest BCUT2D eigenvalue weighted by molar-refractivity contribution is 5.78. The van der Waals surface area contributed by atoms with Gasteiger partial charge in [-0.05, 0) is 75.3 Å². The summed E-state index contributed by atoms with van der Waals surface area (Å²) in [5, 5.41) is 0. The molecule has 6 rings (SSSR count). The van der Waals surface area contributed by atoms with E-state index in [1.807, 2.05) is 0 Å². The molecule has 2 aromatic carbocycles. The molecule has 0 bridgehead atoms. The normalized spacial score (nSPS) is 20.2. The first kappa shape index (κ1) is 38.0. The molecule has 0 radical (unpaired) electrons. The molecule has 2 aromatic rings. The number of ether oxygens (including phenoxy) is 2. The van der Waals surface area contributed by atoms with Gasteiger partial charge < -0.3 is 19.3 Å². The molecule has 6 heteroatoms. The second-order valence-electron chi connectivity index (χ2n) is 16.6. The SMILES string of the molecule is O=C(COCC(COCC(=O)N(C1CCCCC1)C1CCCCC1)(Cc1ccccc1)Cc1ccccc1)N(C1CCCCC1)C1CCCCC1. The molecular weight excluding hydrogens is 633 g/mol. The summed E-state index contributed by atoms with van der Waals surface area (Å²) in [6, 6.07) is 22.6. The molecule has 0 atom stereocenters. The minimum atomic E-state index is -0.440. The molecule has 0 heterocycles. The smallest absolute Gasteiger partial charge is 0.249 e. The Bertz CT molecular complexity index is 1160. The lowest BCUT2D eigenvalue weighted by atomic mass is 9.77. The highest BCUT2D eigenvalue weighted by Gasteiger charge is 2.37. The molecule has 4 fully saturated rings. The van der Waals surface area contributed by atoms with Crippen molar-refractivity contribution >= 4 is 11.8 Å². The zero-order chi connectivity index (χ0) is 35.1. The van der Waals surface area contributed by atoms with E-state index in [9.17, 15) is 9.59 Å². The van der Waals surface area contributed by atoms with Crippen molar-refractivity contribution in [3.8, 4) is 0 Å². The zero-order valence-electron chi connectivity index (χ0n) is 31.5. The van der Waals surface area contributed by atoms with Crippen molar-refractivity contribution in [2.24, 2.45) is 5.41 Å². The Balaban J connectivity index is 1.19. The fourth-order valence-corrected chi connectivity index (χ4v) is 10.1. The number of carbonyl (C=O) groups is 2. The number of nitrogens with zero attached hydrogens (tertiary/aromatic N) is 2. The molecule has 0 unspecified atom stereocenters. The van der Waals surface area contributed by atoms with Gasteiger partial charge in [-0.1, -0.05) is 138 Å². The predicted octanol–water partition coefficient (Wildman–Crippen LogP) is 9.48. The quantitative estimate of drug-likeness (QED) is 0.175. The number of amides is 2. The van der Waals surface area contributed by atoms with E-state index in [0.29, 0.717) is 37.4 Å². The summed E-state index contributed by atoms with van der Waals surface area (Å²) in [7, 11) is 0. The van der Waals surface area contributed by atoms with Gasteiger partial charge in [-0.2, -0.15) is 0 Å². The molecule has 4 aliphatic carbocycles. The first-order valence-corrected chi connectivity index (χ1v) is 21.0. The summed E-state index contributed by atoms with van der Waals surface area (Å²) in [6.07, 6.45) is 25.3. The summed E-state index contributed by atoms with van der Waals surface area (Å²) >= 11 is 0. The van der Waals surface area contributed by atoms with E-state index >= 15 is 0 Å². The van der Waals surface area contributed by atoms with Gasteiger partial charge in [0.15, 0.2) is 0 Å². The Morgan fingerprint density at radius 1 is 0.471 bits per heavy atom. The first-order valence-electron chi connectivity index (χ1n) is 21.0. The molecule has 280 valence electrons. The number of benzene rings is 2. The zero-order valence-corrected chi connectivity index (χ0v) is 31.5. The lowest BCUT2D eigenvalue weighted by Crippen LogP contribution is -2.51. The van der Waals surface area contributed by atoms with Crippen molar-refractivity contribution < 1.29 is 19.1 Å². The van der Waals surface area contributed by atoms with Gasteiger partial charge in [0.2, 0.25) is 11.8 Å². The van der Waals surface area contributed by atoms with E-state index in [2.05, 4.69) is 70.5 Å². The third kappa shape index (κ3) is 11.2. The maximum atomic E-state index is 14.1. The molecule has 51 heavy (non-hydrogen) atoms. The summed E-state index contributed by atoms with van der Waals surface area (Å²) in [5.74, 6) is 0.322. The van der Waals surface area contributed by atoms with Gasteiger partial charge in [-0.25, -0.2) is 0 Å². The Morgan fingerprint density at radius 2 is 0.765 bits per heavy atom. The highest BCUT2D eigenvalue weighted by atomic mass is 16.5. The maximum Gasteiger partial charge on any atom is 0.249 e. The van der Waals surface area contributed by atoms with Gasteiger partial charge in [0.25, 0.3) is 0 Å². The van der Waals surface area contributed by atoms with Crippen LogP contribution >= 0.6 is 0 Å². The van der Waals surface area contributed by atoms with E-state index in [4.69, 9.17) is 9.47 Å². The second-order valence-corrected chi connectivity index (χ2v) is 16.6. The monoisotopic (exact) mass is 699 g/mol. The minimum Gasteiger partial charge on any atom is -0.371 e. The largest absolute Gasteiger partial charge is 0.371 e. The van der Waals surface area contributed by atoms with Gasteiger partial charge in [0.1, 0.15) is 13.2 Å². The van der Waals surface area contributed by atoms with Crippen LogP contribution in [-0.2, 0) is 31.9 Å². The summed E-state index contributed by atoms with van der Waals surface area (Å²) in [6.45, 7) is 1.01. The summed E-state index contributed by atoms with van der Waals surface area (Å²) in [4.78, 5) is 32.8. The van der Waals surface area contributed by atoms with Crippen molar-refractivity contribution in [3.05, 3.63) is 71.8 Å². The van der Waals surface area contributed by atoms with Crippen LogP contribution in [0.15, 0.2) is 60.7 Å². The van der Waals surface area contributed by atoms with Crippen LogP contribution in [0.25, 0.3) is 0 Å². The molecule has 0 spiro atoms. The van der Waals surface area contributed by atoms with Crippen LogP contribution in [-0.4, -0.2) is 72.2 Å². The third-order valence-electron chi connectivity index (χ3n) is 12.6. The van der Waals surface area contributed by atoms with Crippen molar-refractivity contribution in [2.45, 2.75) is 165 Å². The topological polar surface area (TPSA) is 59.1 Å². The van der Waals surface area contributed by atoms with Crippen LogP contribution in [0.1, 0.15) is 140 Å². The molecular formula is C45H66N2O4. The third-order valence-corrected chi connectivity index (χ3v) is 12.6. The Labute approximate surface area is 309 Å². The molecule has 6 nitrogen and oxygen atoms in total. The number of hydrogen-bond donors (Lipinski definition) is 0. The average Bonchev–Trinajstić information content (AvgIpc) is 3.18. The molecule has 0 aromatic heterocycles. The van der Waals surface area contributed by atoms with Crippen LogP contribution < -0.4 is 0 Å². The molecule has 2 amide bonds. The maximum absolute atomic E-state index is 14.1. The Kier molecular flexibility index (Phi) is 14.9. The lowest BCUT2D eigenvalue weighted by molar-refractivity contribution is -0.147. The number of carbonyl (C=O) groups excluding carboxylic acids is 2. The van der Waals surface area contributed by atoms with Gasteiger partial charge in [-0.15, -0.1) is 0 Å². The van der Waals surface area contributed by atoms with Crippen LogP contribution in [0, 0.1) is 5.41 Å². The Hall–Kier alpha value is -2.70. The van der Waals surface area contributed by atoms with Gasteiger partial charge in [0, 0.05) is 29.6 Å². The summed E-state index contributed by atoms with van der Waals surface area (Å²) < 4.78 is 13.2. The van der Waals surface area contributed by atoms with Crippen LogP contribution in [0.3, 0.4) is 0 Å². The van der Waals surface area contributed by atoms with Gasteiger partial charge in [0.05, 0.1) is 13.2 Å². The number of rotatable bonds is 16. The van der Waals surface area contributed by atoms with E-state index < -0.39 is 5.41 Å². The predicted molar refractivity (Wildman–Crippen MR) is 206 cm³/mol. The summed E-state index contributed by atoms with van der Waals surface area (Å²) in [5.41, 5.74) is 2.00. The van der Waals surface area contributed by atoms with Crippen LogP contribution in [0.2, 0.25) is 0 Å². The molecule has 4 saturated carbocycles. The first-order chi connectivity index (χ1) is 25.1. The lowest BCUT2D eigenvalue weighted by Gasteiger charge is -2.42. The fourth-order valence-electron chi connectivity index (χ4n) is 10.1. The van der Waals surface area contributed by atoms with E-state index in [-0.39, 0.29) is 25.0 Å². The van der Waals surface area contributed by atoms with E-state index in [1.54, 1.807) is 0 Å². The molecule has 0 N–H and O–H groups in total. The minimum absolute atomic E-state index is 0.106. The van der Waals surface area contributed by atoms with Gasteiger partial charge in [-0.3, -0.25) is 9.59 Å². The van der Waals surface area contributed by atoms with Crippen molar-refractivity contribution in [2.75, 3.05) is 26.4 Å². The van der Waals surface area contributed by atoms with Crippen molar-refractivity contribution in [1.29, 1.82) is 0 Å². The van der Waals surface area contributed by atoms with E-state index in [1.165, 1.54) is 88.2 Å². The molecule has 0 saturated heterocycles. The van der Waals surface area contributed by atoms with Crippen molar-refractivity contribution in [3.63, 3.8) is 0 Å². The van der Waals surface area contributed by atoms with Gasteiger partial charge >= 0.3 is 0 Å². The van der Waals surface area contributed by atoms with E-state index in [0.717, 1.165) is 64.2 Å². The standard InChI is InChI=1S/C45H66N2O4/c48-43(46(39-23-11-3-12-24-39)40-25-13-4-14-26-40)33-50-35-45(31-37-19-7-1-8-20-37,32-38-21-9-2-10-22-38)36-51-34-44(49)47(41-27-15-5-16-28-41)42-29-17-6-18-30-42/h1-2,7-10,19-22,39-42H,3-6,11-18,23-36H2.